The van der Waals surface area contributed by atoms with E-state index in [4.69, 9.17) is 10.2 Å². The van der Waals surface area contributed by atoms with E-state index in [1.165, 1.54) is 6.92 Å². The van der Waals surface area contributed by atoms with Gasteiger partial charge in [0, 0.05) is 5.92 Å². The first-order valence-electron chi connectivity index (χ1n) is 4.41. The summed E-state index contributed by atoms with van der Waals surface area (Å²) in [5.74, 6) is -5.58. The highest BCUT2D eigenvalue weighted by molar-refractivity contribution is 6.33. The summed E-state index contributed by atoms with van der Waals surface area (Å²) in [5.41, 5.74) is 0. The second-order valence-corrected chi connectivity index (χ2v) is 3.19. The number of hydrogen-bond acceptors (Lipinski definition) is 3. The van der Waals surface area contributed by atoms with Crippen LogP contribution in [0.3, 0.4) is 0 Å². The van der Waals surface area contributed by atoms with Gasteiger partial charge in [0.1, 0.15) is 0 Å². The van der Waals surface area contributed by atoms with Gasteiger partial charge >= 0.3 is 11.9 Å². The fraction of sp³-hybridized carbons (Fsp3) is 0.667. The van der Waals surface area contributed by atoms with Crippen LogP contribution in [0.4, 0.5) is 0 Å². The van der Waals surface area contributed by atoms with Crippen molar-refractivity contribution >= 4 is 17.7 Å². The molecule has 0 aromatic carbocycles. The molecule has 0 saturated heterocycles. The van der Waals surface area contributed by atoms with Gasteiger partial charge in [0.25, 0.3) is 0 Å². The summed E-state index contributed by atoms with van der Waals surface area (Å²) in [6.45, 7) is 3.13. The van der Waals surface area contributed by atoms with Crippen molar-refractivity contribution in [2.45, 2.75) is 26.7 Å². The first-order valence-corrected chi connectivity index (χ1v) is 4.41. The van der Waals surface area contributed by atoms with Gasteiger partial charge in [-0.25, -0.2) is 4.79 Å². The first kappa shape index (κ1) is 12.6. The monoisotopic (exact) mass is 202 g/mol. The first-order chi connectivity index (χ1) is 6.41. The van der Waals surface area contributed by atoms with Crippen LogP contribution in [0.1, 0.15) is 26.7 Å². The Morgan fingerprint density at radius 1 is 1.21 bits per heavy atom. The Hall–Kier alpha value is -1.39. The Labute approximate surface area is 81.7 Å². The van der Waals surface area contributed by atoms with Crippen molar-refractivity contribution in [3.05, 3.63) is 0 Å². The van der Waals surface area contributed by atoms with Crippen LogP contribution in [-0.2, 0) is 14.4 Å². The molecule has 0 aromatic rings. The van der Waals surface area contributed by atoms with E-state index < -0.39 is 29.6 Å². The van der Waals surface area contributed by atoms with Gasteiger partial charge in [-0.1, -0.05) is 20.3 Å². The molecule has 2 N–H and O–H groups in total. The molecule has 0 amide bonds. The van der Waals surface area contributed by atoms with Crippen molar-refractivity contribution in [3.8, 4) is 0 Å². The number of carbonyl (C=O) groups excluding carboxylic acids is 1. The maximum atomic E-state index is 11.1. The van der Waals surface area contributed by atoms with Crippen molar-refractivity contribution < 1.29 is 24.6 Å². The second kappa shape index (κ2) is 5.36. The van der Waals surface area contributed by atoms with Crippen LogP contribution < -0.4 is 0 Å². The van der Waals surface area contributed by atoms with Gasteiger partial charge in [0.05, 0.1) is 5.92 Å². The number of carboxylic acids is 2. The average molecular weight is 202 g/mol. The van der Waals surface area contributed by atoms with Crippen molar-refractivity contribution in [1.82, 2.24) is 0 Å². The summed E-state index contributed by atoms with van der Waals surface area (Å²) in [7, 11) is 0. The summed E-state index contributed by atoms with van der Waals surface area (Å²) in [5, 5.41) is 17.1. The molecule has 0 heterocycles. The molecule has 80 valence electrons. The lowest BCUT2D eigenvalue weighted by Crippen LogP contribution is -2.32. The molecule has 2 unspecified atom stereocenters. The van der Waals surface area contributed by atoms with Gasteiger partial charge in [-0.15, -0.1) is 0 Å². The van der Waals surface area contributed by atoms with Crippen molar-refractivity contribution in [2.75, 3.05) is 0 Å². The van der Waals surface area contributed by atoms with E-state index in [9.17, 15) is 14.4 Å². The lowest BCUT2D eigenvalue weighted by atomic mass is 9.86. The Morgan fingerprint density at radius 2 is 1.71 bits per heavy atom. The standard InChI is InChI=1S/C9H14O5/c1-3-4-6(5(2)8(11)12)7(10)9(13)14/h5-6H,3-4H2,1-2H3,(H,11,12)(H,13,14). The molecular formula is C9H14O5. The lowest BCUT2D eigenvalue weighted by molar-refractivity contribution is -0.154. The van der Waals surface area contributed by atoms with Gasteiger partial charge in [-0.05, 0) is 6.42 Å². The highest BCUT2D eigenvalue weighted by Gasteiger charge is 2.32. The number of carboxylic acid groups (broad SMARTS) is 2. The molecule has 0 fully saturated rings. The van der Waals surface area contributed by atoms with Gasteiger partial charge in [0.15, 0.2) is 0 Å². The predicted molar refractivity (Wildman–Crippen MR) is 47.8 cm³/mol. The van der Waals surface area contributed by atoms with Gasteiger partial charge in [-0.3, -0.25) is 9.59 Å². The van der Waals surface area contributed by atoms with Crippen LogP contribution >= 0.6 is 0 Å². The minimum Gasteiger partial charge on any atom is -0.481 e. The molecule has 0 aliphatic rings. The molecule has 0 rings (SSSR count). The van der Waals surface area contributed by atoms with E-state index in [1.807, 2.05) is 0 Å². The SMILES string of the molecule is CCCC(C(=O)C(=O)O)C(C)C(=O)O. The highest BCUT2D eigenvalue weighted by atomic mass is 16.4. The van der Waals surface area contributed by atoms with Crippen LogP contribution in [0.25, 0.3) is 0 Å². The Bertz CT molecular complexity index is 246. The molecule has 0 aliphatic carbocycles. The Kier molecular flexibility index (Phi) is 4.83. The Balaban J connectivity index is 4.66. The smallest absolute Gasteiger partial charge is 0.372 e. The number of aliphatic carboxylic acids is 2. The van der Waals surface area contributed by atoms with Crippen molar-refractivity contribution in [2.24, 2.45) is 11.8 Å². The average Bonchev–Trinajstić information content (AvgIpc) is 2.11. The van der Waals surface area contributed by atoms with E-state index in [2.05, 4.69) is 0 Å². The van der Waals surface area contributed by atoms with Crippen LogP contribution in [-0.4, -0.2) is 27.9 Å². The third-order valence-electron chi connectivity index (χ3n) is 2.14. The van der Waals surface area contributed by atoms with Crippen LogP contribution in [0.5, 0.6) is 0 Å². The number of rotatable bonds is 6. The number of hydrogen-bond donors (Lipinski definition) is 2. The molecule has 0 bridgehead atoms. The number of carbonyl (C=O) groups is 3. The minimum atomic E-state index is -1.56. The summed E-state index contributed by atoms with van der Waals surface area (Å²) in [4.78, 5) is 32.1. The molecule has 0 spiro atoms. The van der Waals surface area contributed by atoms with E-state index in [0.29, 0.717) is 12.8 Å². The molecule has 5 heteroatoms. The summed E-state index contributed by atoms with van der Waals surface area (Å²) < 4.78 is 0. The minimum absolute atomic E-state index is 0.290. The van der Waals surface area contributed by atoms with Crippen LogP contribution in [0.2, 0.25) is 0 Å². The van der Waals surface area contributed by atoms with Crippen LogP contribution in [0.15, 0.2) is 0 Å². The normalized spacial score (nSPS) is 14.4. The van der Waals surface area contributed by atoms with Crippen molar-refractivity contribution in [1.29, 1.82) is 0 Å². The summed E-state index contributed by atoms with van der Waals surface area (Å²) in [6.07, 6.45) is 0.875. The zero-order valence-corrected chi connectivity index (χ0v) is 8.19. The number of Topliss-reactive ketones (excluding diaryl/α,β-unsaturated/α-hetero) is 1. The fourth-order valence-electron chi connectivity index (χ4n) is 1.25. The van der Waals surface area contributed by atoms with E-state index >= 15 is 0 Å². The van der Waals surface area contributed by atoms with Crippen LogP contribution in [0, 0.1) is 11.8 Å². The molecule has 0 saturated carbocycles. The second-order valence-electron chi connectivity index (χ2n) is 3.19. The van der Waals surface area contributed by atoms with Gasteiger partial charge in [-0.2, -0.15) is 0 Å². The third kappa shape index (κ3) is 3.16. The Morgan fingerprint density at radius 3 is 2.00 bits per heavy atom. The van der Waals surface area contributed by atoms with Gasteiger partial charge in [0.2, 0.25) is 5.78 Å². The van der Waals surface area contributed by atoms with E-state index in [0.717, 1.165) is 0 Å². The lowest BCUT2D eigenvalue weighted by Gasteiger charge is -2.16. The molecule has 14 heavy (non-hydrogen) atoms. The molecule has 0 radical (unpaired) electrons. The molecule has 0 aromatic heterocycles. The van der Waals surface area contributed by atoms with E-state index in [-0.39, 0.29) is 0 Å². The molecule has 2 atom stereocenters. The maximum Gasteiger partial charge on any atom is 0.372 e. The van der Waals surface area contributed by atoms with Gasteiger partial charge < -0.3 is 10.2 Å². The topological polar surface area (TPSA) is 91.7 Å². The van der Waals surface area contributed by atoms with E-state index in [1.54, 1.807) is 6.92 Å². The largest absolute Gasteiger partial charge is 0.481 e. The highest BCUT2D eigenvalue weighted by Crippen LogP contribution is 2.19. The fourth-order valence-corrected chi connectivity index (χ4v) is 1.25. The quantitative estimate of drug-likeness (QED) is 0.621. The summed E-state index contributed by atoms with van der Waals surface area (Å²) >= 11 is 0. The third-order valence-corrected chi connectivity index (χ3v) is 2.14. The summed E-state index contributed by atoms with van der Waals surface area (Å²) in [6, 6.07) is 0. The number of ketones is 1. The maximum absolute atomic E-state index is 11.1. The zero-order valence-electron chi connectivity index (χ0n) is 8.19. The molecular weight excluding hydrogens is 188 g/mol. The molecule has 5 nitrogen and oxygen atoms in total. The van der Waals surface area contributed by atoms with Crippen molar-refractivity contribution in [3.63, 3.8) is 0 Å². The predicted octanol–water partition coefficient (Wildman–Crippen LogP) is 0.777. The molecule has 0 aliphatic heterocycles. The zero-order chi connectivity index (χ0) is 11.3.